The molecule has 1 aliphatic carbocycles. The van der Waals surface area contributed by atoms with E-state index in [-0.39, 0.29) is 22.4 Å². The first-order valence-electron chi connectivity index (χ1n) is 10.5. The number of carbonyl (C=O) groups is 2. The predicted octanol–water partition coefficient (Wildman–Crippen LogP) is 3.25. The first-order chi connectivity index (χ1) is 16.5. The zero-order valence-electron chi connectivity index (χ0n) is 18.2. The zero-order valence-corrected chi connectivity index (χ0v) is 18.2. The van der Waals surface area contributed by atoms with Crippen LogP contribution < -0.4 is 22.2 Å². The number of alkyl halides is 3. The maximum atomic E-state index is 14.6. The Morgan fingerprint density at radius 1 is 1.14 bits per heavy atom. The summed E-state index contributed by atoms with van der Waals surface area (Å²) in [4.78, 5) is 33.9. The minimum Gasteiger partial charge on any atom is -0.475 e. The number of hydrogen-bond donors (Lipinski definition) is 4. The summed E-state index contributed by atoms with van der Waals surface area (Å²) in [6.07, 6.45) is -1.36. The minimum atomic E-state index is -5.08. The molecule has 8 nitrogen and oxygen atoms in total. The Balaban J connectivity index is 0.000000429. The van der Waals surface area contributed by atoms with Crippen LogP contribution in [0.15, 0.2) is 47.4 Å². The molecule has 0 spiro atoms. The number of nitrogens with two attached hydrogens (primary N) is 2. The van der Waals surface area contributed by atoms with Crippen molar-refractivity contribution in [1.29, 1.82) is 0 Å². The monoisotopic (exact) mass is 494 g/mol. The number of aliphatic carboxylic acids is 1. The van der Waals surface area contributed by atoms with Crippen molar-refractivity contribution in [2.24, 2.45) is 11.5 Å². The van der Waals surface area contributed by atoms with Crippen LogP contribution >= 0.6 is 0 Å². The third kappa shape index (κ3) is 5.77. The van der Waals surface area contributed by atoms with Crippen LogP contribution in [0.4, 0.5) is 23.2 Å². The number of aromatic nitrogens is 1. The van der Waals surface area contributed by atoms with Gasteiger partial charge < -0.3 is 26.5 Å². The first kappa shape index (κ1) is 25.7. The van der Waals surface area contributed by atoms with Crippen LogP contribution in [0.2, 0.25) is 0 Å². The molecule has 1 aliphatic rings. The number of primary amides is 1. The summed E-state index contributed by atoms with van der Waals surface area (Å²) in [5, 5.41) is 10.4. The predicted molar refractivity (Wildman–Crippen MR) is 122 cm³/mol. The van der Waals surface area contributed by atoms with Crippen LogP contribution in [-0.2, 0) is 4.79 Å². The van der Waals surface area contributed by atoms with Gasteiger partial charge in [0, 0.05) is 41.8 Å². The van der Waals surface area contributed by atoms with Crippen molar-refractivity contribution in [3.05, 3.63) is 64.2 Å². The molecule has 0 bridgehead atoms. The Morgan fingerprint density at radius 2 is 1.77 bits per heavy atom. The summed E-state index contributed by atoms with van der Waals surface area (Å²) in [7, 11) is 0. The average molecular weight is 494 g/mol. The highest BCUT2D eigenvalue weighted by Crippen LogP contribution is 2.39. The van der Waals surface area contributed by atoms with Gasteiger partial charge in [-0.25, -0.2) is 9.18 Å². The number of nitrogens with zero attached hydrogens (tertiary/aromatic N) is 1. The Hall–Kier alpha value is -3.93. The Bertz CT molecular complexity index is 1330. The van der Waals surface area contributed by atoms with E-state index in [2.05, 4.69) is 5.32 Å². The van der Waals surface area contributed by atoms with Crippen LogP contribution in [0, 0.1) is 5.82 Å². The van der Waals surface area contributed by atoms with Gasteiger partial charge in [-0.1, -0.05) is 18.2 Å². The maximum absolute atomic E-state index is 14.6. The lowest BCUT2D eigenvalue weighted by Gasteiger charge is -2.16. The molecule has 3 aromatic rings. The fraction of sp³-hybridized carbons (Fsp3) is 0.261. The largest absolute Gasteiger partial charge is 0.490 e. The van der Waals surface area contributed by atoms with Gasteiger partial charge in [0.2, 0.25) is 5.91 Å². The third-order valence-electron chi connectivity index (χ3n) is 5.25. The van der Waals surface area contributed by atoms with E-state index in [1.54, 1.807) is 36.5 Å². The van der Waals surface area contributed by atoms with Crippen molar-refractivity contribution in [3.63, 3.8) is 0 Å². The van der Waals surface area contributed by atoms with E-state index < -0.39 is 23.9 Å². The smallest absolute Gasteiger partial charge is 0.475 e. The number of fused-ring (bicyclic) bond motifs is 1. The normalized spacial score (nSPS) is 13.2. The lowest BCUT2D eigenvalue weighted by molar-refractivity contribution is -0.192. The van der Waals surface area contributed by atoms with Crippen LogP contribution in [-0.4, -0.2) is 40.8 Å². The molecule has 1 saturated carbocycles. The second-order valence-electron chi connectivity index (χ2n) is 7.79. The van der Waals surface area contributed by atoms with E-state index in [4.69, 9.17) is 21.4 Å². The van der Waals surface area contributed by atoms with Gasteiger partial charge in [0.15, 0.2) is 5.43 Å². The molecule has 1 aromatic heterocycles. The van der Waals surface area contributed by atoms with Gasteiger partial charge in [-0.05, 0) is 36.6 Å². The van der Waals surface area contributed by atoms with Gasteiger partial charge in [-0.15, -0.1) is 0 Å². The first-order valence-corrected chi connectivity index (χ1v) is 10.5. The fourth-order valence-corrected chi connectivity index (χ4v) is 3.49. The summed E-state index contributed by atoms with van der Waals surface area (Å²) >= 11 is 0. The standard InChI is InChI=1S/C21H21FN4O2.C2HF3O2/c22-17-9-15-19(10-18(17)25-8-7-23)26(12-5-6-12)11-16(20(15)27)13-3-1-2-4-14(13)21(24)28;3-2(4,5)1(6)7/h1-4,9-12,25H,5-8,23H2,(H2,24,28);(H,6,7). The Kier molecular flexibility index (Phi) is 7.44. The van der Waals surface area contributed by atoms with Crippen molar-refractivity contribution < 1.29 is 32.3 Å². The van der Waals surface area contributed by atoms with Crippen LogP contribution in [0.3, 0.4) is 0 Å². The number of carboxylic acids is 1. The van der Waals surface area contributed by atoms with Crippen LogP contribution in [0.25, 0.3) is 22.0 Å². The van der Waals surface area contributed by atoms with Gasteiger partial charge in [-0.3, -0.25) is 9.59 Å². The molecule has 0 unspecified atom stereocenters. The second-order valence-corrected chi connectivity index (χ2v) is 7.79. The quantitative estimate of drug-likeness (QED) is 0.388. The van der Waals surface area contributed by atoms with E-state index in [0.29, 0.717) is 35.4 Å². The number of anilines is 1. The maximum Gasteiger partial charge on any atom is 0.490 e. The zero-order chi connectivity index (χ0) is 25.9. The molecule has 0 aliphatic heterocycles. The summed E-state index contributed by atoms with van der Waals surface area (Å²) in [5.74, 6) is -3.88. The Labute approximate surface area is 196 Å². The van der Waals surface area contributed by atoms with E-state index in [0.717, 1.165) is 12.8 Å². The highest BCUT2D eigenvalue weighted by Gasteiger charge is 2.38. The third-order valence-corrected chi connectivity index (χ3v) is 5.25. The van der Waals surface area contributed by atoms with Crippen molar-refractivity contribution in [2.45, 2.75) is 25.1 Å². The average Bonchev–Trinajstić information content (AvgIpc) is 3.63. The van der Waals surface area contributed by atoms with Crippen molar-refractivity contribution in [1.82, 2.24) is 4.57 Å². The summed E-state index contributed by atoms with van der Waals surface area (Å²) in [6.45, 7) is 0.801. The lowest BCUT2D eigenvalue weighted by atomic mass is 9.98. The van der Waals surface area contributed by atoms with Gasteiger partial charge in [-0.2, -0.15) is 13.2 Å². The summed E-state index contributed by atoms with van der Waals surface area (Å²) in [6, 6.07) is 9.87. The molecule has 0 saturated heterocycles. The molecule has 1 heterocycles. The molecule has 0 atom stereocenters. The highest BCUT2D eigenvalue weighted by molar-refractivity contribution is 6.00. The second kappa shape index (κ2) is 10.1. The molecule has 186 valence electrons. The number of carboxylic acid groups (broad SMARTS) is 1. The molecule has 1 fully saturated rings. The van der Waals surface area contributed by atoms with Gasteiger partial charge in [0.25, 0.3) is 0 Å². The van der Waals surface area contributed by atoms with E-state index >= 15 is 0 Å². The molecule has 1 amide bonds. The number of benzene rings is 2. The molecule has 0 radical (unpaired) electrons. The molecular formula is C23H22F4N4O4. The van der Waals surface area contributed by atoms with Crippen molar-refractivity contribution in [2.75, 3.05) is 18.4 Å². The number of rotatable bonds is 6. The molecule has 6 N–H and O–H groups in total. The number of pyridine rings is 1. The molecule has 12 heteroatoms. The Morgan fingerprint density at radius 3 is 2.31 bits per heavy atom. The number of halogens is 4. The van der Waals surface area contributed by atoms with Crippen molar-refractivity contribution >= 4 is 28.5 Å². The highest BCUT2D eigenvalue weighted by atomic mass is 19.4. The van der Waals surface area contributed by atoms with Crippen LogP contribution in [0.1, 0.15) is 29.2 Å². The fourth-order valence-electron chi connectivity index (χ4n) is 3.49. The summed E-state index contributed by atoms with van der Waals surface area (Å²) < 4.78 is 48.3. The van der Waals surface area contributed by atoms with Crippen LogP contribution in [0.5, 0.6) is 0 Å². The molecule has 35 heavy (non-hydrogen) atoms. The van der Waals surface area contributed by atoms with E-state index in [1.165, 1.54) is 6.07 Å². The minimum absolute atomic E-state index is 0.246. The molecule has 2 aromatic carbocycles. The lowest BCUT2D eigenvalue weighted by Crippen LogP contribution is -2.21. The molecule has 4 rings (SSSR count). The van der Waals surface area contributed by atoms with E-state index in [9.17, 15) is 27.2 Å². The number of nitrogens with one attached hydrogen (secondary N) is 1. The number of carbonyl (C=O) groups excluding carboxylic acids is 1. The van der Waals surface area contributed by atoms with Gasteiger partial charge in [0.05, 0.1) is 11.2 Å². The molecular weight excluding hydrogens is 472 g/mol. The number of amides is 1. The number of hydrogen-bond acceptors (Lipinski definition) is 5. The van der Waals surface area contributed by atoms with E-state index in [1.807, 2.05) is 4.57 Å². The topological polar surface area (TPSA) is 140 Å². The van der Waals surface area contributed by atoms with Gasteiger partial charge in [0.1, 0.15) is 5.82 Å². The van der Waals surface area contributed by atoms with Gasteiger partial charge >= 0.3 is 12.1 Å². The SMILES string of the molecule is NCCNc1cc2c(cc1F)c(=O)c(-c1ccccc1C(N)=O)cn2C1CC1.O=C(O)C(F)(F)F. The van der Waals surface area contributed by atoms with Crippen molar-refractivity contribution in [3.8, 4) is 11.1 Å². The summed E-state index contributed by atoms with van der Waals surface area (Å²) in [5.41, 5.74) is 12.7.